The van der Waals surface area contributed by atoms with E-state index in [9.17, 15) is 0 Å². The van der Waals surface area contributed by atoms with Gasteiger partial charge in [-0.3, -0.25) is 0 Å². The van der Waals surface area contributed by atoms with Crippen molar-refractivity contribution in [2.75, 3.05) is 0 Å². The predicted octanol–water partition coefficient (Wildman–Crippen LogP) is 10.5. The van der Waals surface area contributed by atoms with E-state index in [1.54, 1.807) is 0 Å². The van der Waals surface area contributed by atoms with E-state index >= 15 is 0 Å². The summed E-state index contributed by atoms with van der Waals surface area (Å²) in [6, 6.07) is 35.5. The summed E-state index contributed by atoms with van der Waals surface area (Å²) < 4.78 is 8.93. The number of ether oxygens (including phenoxy) is 1. The molecule has 0 unspecified atom stereocenters. The predicted molar refractivity (Wildman–Crippen MR) is 167 cm³/mol. The molecule has 3 heteroatoms. The third kappa shape index (κ3) is 3.06. The minimum absolute atomic E-state index is 0.110. The molecule has 0 saturated heterocycles. The number of benzene rings is 5. The fourth-order valence-corrected chi connectivity index (χ4v) is 7.86. The van der Waals surface area contributed by atoms with Crippen LogP contribution in [-0.2, 0) is 10.8 Å². The lowest BCUT2D eigenvalue weighted by Gasteiger charge is -2.43. The van der Waals surface area contributed by atoms with Crippen molar-refractivity contribution < 1.29 is 4.74 Å². The van der Waals surface area contributed by atoms with Gasteiger partial charge in [-0.1, -0.05) is 112 Å². The fraction of sp³-hybridized carbons (Fsp3) is 0.111. The third-order valence-electron chi connectivity index (χ3n) is 8.88. The molecular weight excluding hydrogens is 608 g/mol. The molecule has 3 aliphatic rings. The fourth-order valence-electron chi connectivity index (χ4n) is 7.14. The zero-order valence-electron chi connectivity index (χ0n) is 21.6. The highest BCUT2D eigenvalue weighted by Crippen LogP contribution is 2.61. The van der Waals surface area contributed by atoms with Gasteiger partial charge >= 0.3 is 0 Å². The maximum Gasteiger partial charge on any atom is 0.132 e. The zero-order valence-corrected chi connectivity index (χ0v) is 24.7. The number of rotatable bonds is 0. The second-order valence-corrected chi connectivity index (χ2v) is 13.0. The van der Waals surface area contributed by atoms with Crippen LogP contribution < -0.4 is 4.74 Å². The summed E-state index contributed by atoms with van der Waals surface area (Å²) in [5, 5.41) is 0. The van der Waals surface area contributed by atoms with E-state index < -0.39 is 5.41 Å². The summed E-state index contributed by atoms with van der Waals surface area (Å²) in [5.41, 5.74) is 11.8. The smallest absolute Gasteiger partial charge is 0.132 e. The van der Waals surface area contributed by atoms with E-state index in [1.807, 2.05) is 0 Å². The molecule has 1 aliphatic heterocycles. The summed E-state index contributed by atoms with van der Waals surface area (Å²) >= 11 is 7.64. The second-order valence-electron chi connectivity index (χ2n) is 11.2. The van der Waals surface area contributed by atoms with Crippen LogP contribution in [0.25, 0.3) is 23.3 Å². The highest BCUT2D eigenvalue weighted by Gasteiger charge is 2.49. The maximum absolute atomic E-state index is 6.81. The van der Waals surface area contributed by atoms with E-state index in [0.717, 1.165) is 26.0 Å². The highest BCUT2D eigenvalue weighted by atomic mass is 79.9. The lowest BCUT2D eigenvalue weighted by Crippen LogP contribution is -2.35. The van der Waals surface area contributed by atoms with Gasteiger partial charge in [0.2, 0.25) is 0 Å². The van der Waals surface area contributed by atoms with E-state index in [1.165, 1.54) is 50.1 Å². The maximum atomic E-state index is 6.81. The molecule has 39 heavy (non-hydrogen) atoms. The SMILES string of the molecule is CC1(C)c2ccccc2-c2cc3c(cc21)Oc1ccccc1C31c2cc(Br)ccc2C=Cc2ccc(Br)cc21. The van der Waals surface area contributed by atoms with Gasteiger partial charge in [-0.25, -0.2) is 0 Å². The molecule has 1 heterocycles. The Balaban J connectivity index is 1.59. The average molecular weight is 632 g/mol. The lowest BCUT2D eigenvalue weighted by atomic mass is 9.62. The van der Waals surface area contributed by atoms with Gasteiger partial charge in [0.25, 0.3) is 0 Å². The van der Waals surface area contributed by atoms with Crippen LogP contribution in [0.15, 0.2) is 106 Å². The average Bonchev–Trinajstić information content (AvgIpc) is 3.07. The summed E-state index contributed by atoms with van der Waals surface area (Å²) in [6.45, 7) is 4.65. The van der Waals surface area contributed by atoms with Crippen LogP contribution in [-0.4, -0.2) is 0 Å². The Kier molecular flexibility index (Phi) is 4.86. The Bertz CT molecular complexity index is 1840. The third-order valence-corrected chi connectivity index (χ3v) is 9.87. The van der Waals surface area contributed by atoms with Gasteiger partial charge in [-0.15, -0.1) is 0 Å². The van der Waals surface area contributed by atoms with Gasteiger partial charge in [0.15, 0.2) is 0 Å². The molecule has 188 valence electrons. The molecule has 1 nitrogen and oxygen atoms in total. The van der Waals surface area contributed by atoms with Crippen LogP contribution in [0.3, 0.4) is 0 Å². The molecule has 0 saturated carbocycles. The summed E-state index contributed by atoms with van der Waals surface area (Å²) in [6.07, 6.45) is 4.51. The van der Waals surface area contributed by atoms with E-state index in [0.29, 0.717) is 0 Å². The second kappa shape index (κ2) is 8.06. The van der Waals surface area contributed by atoms with Crippen molar-refractivity contribution in [2.45, 2.75) is 24.7 Å². The Morgan fingerprint density at radius 3 is 1.82 bits per heavy atom. The minimum Gasteiger partial charge on any atom is -0.457 e. The summed E-state index contributed by atoms with van der Waals surface area (Å²) in [7, 11) is 0. The molecular formula is C36H24Br2O. The van der Waals surface area contributed by atoms with Crippen LogP contribution in [0, 0.1) is 0 Å². The molecule has 5 aromatic rings. The van der Waals surface area contributed by atoms with Crippen LogP contribution >= 0.6 is 31.9 Å². The molecule has 0 amide bonds. The first-order valence-electron chi connectivity index (χ1n) is 13.2. The Hall–Kier alpha value is -3.40. The molecule has 0 atom stereocenters. The standard InChI is InChI=1S/C36H24Br2O/c1-35(2)27-8-4-3-7-25(27)26-19-32-34(20-31(26)35)39-33-10-6-5-9-28(33)36(32)29-17-23(37)15-13-21(29)11-12-22-14-16-24(38)18-30(22)36/h3-20H,1-2H3. The lowest BCUT2D eigenvalue weighted by molar-refractivity contribution is 0.433. The number of halogens is 2. The molecule has 2 aliphatic carbocycles. The van der Waals surface area contributed by atoms with Crippen LogP contribution in [0.1, 0.15) is 58.4 Å². The summed E-state index contributed by atoms with van der Waals surface area (Å²) in [5.74, 6) is 1.82. The molecule has 1 spiro atoms. The first-order chi connectivity index (χ1) is 18.9. The number of fused-ring (bicyclic) bond motifs is 11. The number of hydrogen-bond donors (Lipinski definition) is 0. The highest BCUT2D eigenvalue weighted by molar-refractivity contribution is 9.10. The molecule has 0 radical (unpaired) electrons. The van der Waals surface area contributed by atoms with Crippen molar-refractivity contribution in [2.24, 2.45) is 0 Å². The Labute approximate surface area is 245 Å². The molecule has 0 fully saturated rings. The van der Waals surface area contributed by atoms with E-state index in [-0.39, 0.29) is 5.41 Å². The molecule has 0 bridgehead atoms. The first kappa shape index (κ1) is 23.5. The minimum atomic E-state index is -0.581. The first-order valence-corrected chi connectivity index (χ1v) is 14.8. The largest absolute Gasteiger partial charge is 0.457 e. The quantitative estimate of drug-likeness (QED) is 0.162. The zero-order chi connectivity index (χ0) is 26.5. The van der Waals surface area contributed by atoms with Crippen molar-refractivity contribution in [3.63, 3.8) is 0 Å². The molecule has 0 N–H and O–H groups in total. The van der Waals surface area contributed by atoms with Gasteiger partial charge in [0.05, 0.1) is 5.41 Å². The molecule has 5 aromatic carbocycles. The van der Waals surface area contributed by atoms with Crippen molar-refractivity contribution in [3.8, 4) is 22.6 Å². The van der Waals surface area contributed by atoms with Crippen molar-refractivity contribution in [3.05, 3.63) is 151 Å². The Morgan fingerprint density at radius 1 is 0.513 bits per heavy atom. The molecule has 0 aromatic heterocycles. The molecule has 8 rings (SSSR count). The topological polar surface area (TPSA) is 9.23 Å². The van der Waals surface area contributed by atoms with E-state index in [4.69, 9.17) is 4.74 Å². The monoisotopic (exact) mass is 630 g/mol. The number of hydrogen-bond acceptors (Lipinski definition) is 1. The van der Waals surface area contributed by atoms with Crippen molar-refractivity contribution in [1.29, 1.82) is 0 Å². The van der Waals surface area contributed by atoms with Gasteiger partial charge in [0.1, 0.15) is 11.5 Å². The normalized spacial score (nSPS) is 16.2. The van der Waals surface area contributed by atoms with Gasteiger partial charge in [-0.05, 0) is 87.0 Å². The van der Waals surface area contributed by atoms with Crippen molar-refractivity contribution in [1.82, 2.24) is 0 Å². The van der Waals surface area contributed by atoms with Gasteiger partial charge < -0.3 is 4.74 Å². The van der Waals surface area contributed by atoms with Crippen LogP contribution in [0.4, 0.5) is 0 Å². The van der Waals surface area contributed by atoms with Gasteiger partial charge in [-0.2, -0.15) is 0 Å². The van der Waals surface area contributed by atoms with Gasteiger partial charge in [0, 0.05) is 25.5 Å². The van der Waals surface area contributed by atoms with Crippen LogP contribution in [0.5, 0.6) is 11.5 Å². The van der Waals surface area contributed by atoms with Crippen LogP contribution in [0.2, 0.25) is 0 Å². The van der Waals surface area contributed by atoms with E-state index in [2.05, 4.69) is 155 Å². The Morgan fingerprint density at radius 2 is 1.13 bits per heavy atom. The van der Waals surface area contributed by atoms with Crippen molar-refractivity contribution >= 4 is 44.0 Å². The number of para-hydroxylation sites is 1. The summed E-state index contributed by atoms with van der Waals surface area (Å²) in [4.78, 5) is 0.